The van der Waals surface area contributed by atoms with E-state index in [1.165, 1.54) is 0 Å². The van der Waals surface area contributed by atoms with Crippen molar-refractivity contribution in [3.8, 4) is 0 Å². The summed E-state index contributed by atoms with van der Waals surface area (Å²) in [4.78, 5) is 24.4. The van der Waals surface area contributed by atoms with Crippen LogP contribution in [0.15, 0.2) is 0 Å². The maximum absolute atomic E-state index is 12.3. The SMILES string of the molecule is CCOC1CC(NC(=O)c2snnc2C)(C(=O)O)C1(C)C. The van der Waals surface area contributed by atoms with Gasteiger partial charge in [0.25, 0.3) is 5.91 Å². The van der Waals surface area contributed by atoms with Crippen LogP contribution in [0.1, 0.15) is 42.6 Å². The normalized spacial score (nSPS) is 27.0. The van der Waals surface area contributed by atoms with Crippen molar-refractivity contribution in [1.29, 1.82) is 0 Å². The van der Waals surface area contributed by atoms with E-state index in [1.807, 2.05) is 6.92 Å². The van der Waals surface area contributed by atoms with Crippen LogP contribution >= 0.6 is 11.5 Å². The van der Waals surface area contributed by atoms with Crippen molar-refractivity contribution >= 4 is 23.4 Å². The summed E-state index contributed by atoms with van der Waals surface area (Å²) in [6, 6.07) is 0. The quantitative estimate of drug-likeness (QED) is 0.848. The average molecular weight is 313 g/mol. The third-order valence-corrected chi connectivity index (χ3v) is 5.14. The van der Waals surface area contributed by atoms with E-state index < -0.39 is 22.8 Å². The topological polar surface area (TPSA) is 101 Å². The second-order valence-electron chi connectivity index (χ2n) is 5.72. The molecule has 0 spiro atoms. The van der Waals surface area contributed by atoms with E-state index in [1.54, 1.807) is 20.8 Å². The van der Waals surface area contributed by atoms with Gasteiger partial charge in [0.15, 0.2) is 0 Å². The number of amides is 1. The molecule has 1 fully saturated rings. The number of carbonyl (C=O) groups is 2. The molecule has 2 N–H and O–H groups in total. The van der Waals surface area contributed by atoms with Crippen molar-refractivity contribution in [2.75, 3.05) is 6.61 Å². The Labute approximate surface area is 126 Å². The summed E-state index contributed by atoms with van der Waals surface area (Å²) < 4.78 is 9.26. The number of ether oxygens (including phenoxy) is 1. The maximum atomic E-state index is 12.3. The smallest absolute Gasteiger partial charge is 0.330 e. The van der Waals surface area contributed by atoms with Crippen LogP contribution in [0.2, 0.25) is 0 Å². The molecule has 0 aromatic carbocycles. The van der Waals surface area contributed by atoms with E-state index in [2.05, 4.69) is 14.9 Å². The fourth-order valence-electron chi connectivity index (χ4n) is 2.73. The fraction of sp³-hybridized carbons (Fsp3) is 0.692. The monoisotopic (exact) mass is 313 g/mol. The highest BCUT2D eigenvalue weighted by atomic mass is 32.1. The minimum Gasteiger partial charge on any atom is -0.479 e. The van der Waals surface area contributed by atoms with Gasteiger partial charge in [0.2, 0.25) is 0 Å². The van der Waals surface area contributed by atoms with Crippen LogP contribution in [-0.4, -0.2) is 44.8 Å². The number of carboxylic acid groups (broad SMARTS) is 1. The zero-order valence-electron chi connectivity index (χ0n) is 12.5. The van der Waals surface area contributed by atoms with Gasteiger partial charge in [-0.25, -0.2) is 4.79 Å². The Balaban J connectivity index is 2.24. The first-order valence-corrected chi connectivity index (χ1v) is 7.50. The fourth-order valence-corrected chi connectivity index (χ4v) is 3.28. The number of nitrogens with one attached hydrogen (secondary N) is 1. The van der Waals surface area contributed by atoms with Gasteiger partial charge in [-0.3, -0.25) is 4.79 Å². The lowest BCUT2D eigenvalue weighted by molar-refractivity contribution is -0.190. The molecule has 0 radical (unpaired) electrons. The average Bonchev–Trinajstić information content (AvgIpc) is 2.83. The largest absolute Gasteiger partial charge is 0.479 e. The van der Waals surface area contributed by atoms with Crippen LogP contribution in [0.5, 0.6) is 0 Å². The Kier molecular flexibility index (Phi) is 4.03. The summed E-state index contributed by atoms with van der Waals surface area (Å²) in [5, 5.41) is 16.1. The first-order valence-electron chi connectivity index (χ1n) is 6.72. The molecule has 2 rings (SSSR count). The van der Waals surface area contributed by atoms with E-state index in [4.69, 9.17) is 4.74 Å². The van der Waals surface area contributed by atoms with E-state index >= 15 is 0 Å². The Morgan fingerprint density at radius 1 is 1.52 bits per heavy atom. The number of aryl methyl sites for hydroxylation is 1. The van der Waals surface area contributed by atoms with Crippen molar-refractivity contribution in [2.24, 2.45) is 5.41 Å². The van der Waals surface area contributed by atoms with Gasteiger partial charge in [-0.1, -0.05) is 18.3 Å². The van der Waals surface area contributed by atoms with Gasteiger partial charge in [0, 0.05) is 18.4 Å². The van der Waals surface area contributed by atoms with Crippen LogP contribution in [0.3, 0.4) is 0 Å². The molecule has 1 heterocycles. The van der Waals surface area contributed by atoms with Crippen LogP contribution in [0.25, 0.3) is 0 Å². The molecule has 1 aliphatic rings. The van der Waals surface area contributed by atoms with Crippen molar-refractivity contribution in [3.05, 3.63) is 10.6 Å². The molecule has 1 amide bonds. The Bertz CT molecular complexity index is 572. The van der Waals surface area contributed by atoms with Crippen molar-refractivity contribution in [2.45, 2.75) is 45.8 Å². The third-order valence-electron chi connectivity index (χ3n) is 4.31. The number of aliphatic carboxylic acids is 1. The van der Waals surface area contributed by atoms with Crippen LogP contribution in [0.4, 0.5) is 0 Å². The summed E-state index contributed by atoms with van der Waals surface area (Å²) >= 11 is 0.958. The van der Waals surface area contributed by atoms with E-state index in [9.17, 15) is 14.7 Å². The number of carboxylic acids is 1. The highest BCUT2D eigenvalue weighted by Crippen LogP contribution is 2.51. The second kappa shape index (κ2) is 5.34. The molecule has 2 unspecified atom stereocenters. The lowest BCUT2D eigenvalue weighted by Crippen LogP contribution is -2.76. The first kappa shape index (κ1) is 15.8. The number of aromatic nitrogens is 2. The molecule has 2 atom stereocenters. The predicted octanol–water partition coefficient (Wildman–Crippen LogP) is 1.23. The van der Waals surface area contributed by atoms with E-state index in [0.717, 1.165) is 11.5 Å². The zero-order valence-corrected chi connectivity index (χ0v) is 13.3. The lowest BCUT2D eigenvalue weighted by Gasteiger charge is -2.58. The van der Waals surface area contributed by atoms with Gasteiger partial charge in [-0.05, 0) is 25.4 Å². The molecule has 0 saturated heterocycles. The van der Waals surface area contributed by atoms with Crippen molar-refractivity contribution < 1.29 is 19.4 Å². The molecule has 1 aromatic rings. The molecule has 1 saturated carbocycles. The van der Waals surface area contributed by atoms with Crippen LogP contribution in [0, 0.1) is 12.3 Å². The molecule has 1 aliphatic carbocycles. The minimum atomic E-state index is -1.33. The van der Waals surface area contributed by atoms with Gasteiger partial charge in [-0.15, -0.1) is 5.10 Å². The van der Waals surface area contributed by atoms with Crippen LogP contribution < -0.4 is 5.32 Å². The number of rotatable bonds is 5. The number of carbonyl (C=O) groups excluding carboxylic acids is 1. The molecule has 0 aliphatic heterocycles. The highest BCUT2D eigenvalue weighted by molar-refractivity contribution is 7.08. The third kappa shape index (κ3) is 2.32. The standard InChI is InChI=1S/C13H19N3O4S/c1-5-20-8-6-13(11(18)19,12(8,3)4)14-10(17)9-7(2)15-16-21-9/h8H,5-6H2,1-4H3,(H,14,17)(H,18,19). The van der Waals surface area contributed by atoms with Gasteiger partial charge < -0.3 is 15.2 Å². The summed E-state index contributed by atoms with van der Waals surface area (Å²) in [5.74, 6) is -1.50. The van der Waals surface area contributed by atoms with Crippen molar-refractivity contribution in [1.82, 2.24) is 14.9 Å². The molecule has 8 heteroatoms. The van der Waals surface area contributed by atoms with Crippen molar-refractivity contribution in [3.63, 3.8) is 0 Å². The highest BCUT2D eigenvalue weighted by Gasteiger charge is 2.66. The molecule has 1 aromatic heterocycles. The Morgan fingerprint density at radius 2 is 2.19 bits per heavy atom. The molecule has 7 nitrogen and oxygen atoms in total. The van der Waals surface area contributed by atoms with Gasteiger partial charge in [0.1, 0.15) is 10.4 Å². The van der Waals surface area contributed by atoms with Crippen LogP contribution in [-0.2, 0) is 9.53 Å². The second-order valence-corrected chi connectivity index (χ2v) is 6.48. The molecule has 21 heavy (non-hydrogen) atoms. The first-order chi connectivity index (χ1) is 9.76. The number of hydrogen-bond acceptors (Lipinski definition) is 6. The lowest BCUT2D eigenvalue weighted by atomic mass is 9.54. The molecular formula is C13H19N3O4S. The molecule has 0 bridgehead atoms. The Morgan fingerprint density at radius 3 is 2.62 bits per heavy atom. The summed E-state index contributed by atoms with van der Waals surface area (Å²) in [7, 11) is 0. The van der Waals surface area contributed by atoms with E-state index in [-0.39, 0.29) is 12.5 Å². The number of hydrogen-bond donors (Lipinski definition) is 2. The van der Waals surface area contributed by atoms with Gasteiger partial charge in [0.05, 0.1) is 11.8 Å². The maximum Gasteiger partial charge on any atom is 0.330 e. The summed E-state index contributed by atoms with van der Waals surface area (Å²) in [6.07, 6.45) is 0.0554. The summed E-state index contributed by atoms with van der Waals surface area (Å²) in [5.41, 5.74) is -1.53. The molecular weight excluding hydrogens is 294 g/mol. The van der Waals surface area contributed by atoms with Gasteiger partial charge >= 0.3 is 5.97 Å². The minimum absolute atomic E-state index is 0.195. The number of nitrogens with zero attached hydrogens (tertiary/aromatic N) is 2. The predicted molar refractivity (Wildman–Crippen MR) is 76.3 cm³/mol. The summed E-state index contributed by atoms with van der Waals surface area (Å²) in [6.45, 7) is 7.63. The molecule has 116 valence electrons. The Hall–Kier alpha value is -1.54. The van der Waals surface area contributed by atoms with E-state index in [0.29, 0.717) is 17.2 Å². The zero-order chi connectivity index (χ0) is 15.8. The van der Waals surface area contributed by atoms with Gasteiger partial charge in [-0.2, -0.15) is 0 Å².